The number of hydrogen-bond donors (Lipinski definition) is 1. The molecule has 3 rings (SSSR count). The number of benzene rings is 1. The van der Waals surface area contributed by atoms with Crippen LogP contribution >= 0.6 is 0 Å². The van der Waals surface area contributed by atoms with Crippen molar-refractivity contribution >= 4 is 23.6 Å². The van der Waals surface area contributed by atoms with Crippen molar-refractivity contribution in [1.29, 1.82) is 0 Å². The van der Waals surface area contributed by atoms with Gasteiger partial charge in [-0.1, -0.05) is 30.9 Å². The van der Waals surface area contributed by atoms with Crippen LogP contribution < -0.4 is 10.6 Å². The number of carbonyl (C=O) groups is 3. The van der Waals surface area contributed by atoms with E-state index in [2.05, 4.69) is 6.58 Å². The lowest BCUT2D eigenvalue weighted by Gasteiger charge is -2.39. The molecule has 152 valence electrons. The summed E-state index contributed by atoms with van der Waals surface area (Å²) in [5, 5.41) is 0. The number of ether oxygens (including phenoxy) is 3. The highest BCUT2D eigenvalue weighted by Gasteiger charge is 2.63. The van der Waals surface area contributed by atoms with Crippen LogP contribution in [0.5, 0.6) is 0 Å². The fourth-order valence-electron chi connectivity index (χ4n) is 3.78. The van der Waals surface area contributed by atoms with Gasteiger partial charge in [-0.15, -0.1) is 0 Å². The van der Waals surface area contributed by atoms with E-state index in [4.69, 9.17) is 19.9 Å². The van der Waals surface area contributed by atoms with E-state index in [9.17, 15) is 14.4 Å². The molecule has 2 N–H and O–H groups in total. The molecule has 2 aliphatic rings. The van der Waals surface area contributed by atoms with Gasteiger partial charge in [0.2, 0.25) is 0 Å². The molecule has 0 bridgehead atoms. The maximum Gasteiger partial charge on any atom is 0.339 e. The second-order valence-electron chi connectivity index (χ2n) is 6.51. The average Bonchev–Trinajstić information content (AvgIpc) is 2.95. The molecule has 0 saturated heterocycles. The zero-order chi connectivity index (χ0) is 21.3. The van der Waals surface area contributed by atoms with E-state index < -0.39 is 23.3 Å². The van der Waals surface area contributed by atoms with Crippen LogP contribution in [0.15, 0.2) is 59.6 Å². The first-order valence-corrected chi connectivity index (χ1v) is 9.04. The summed E-state index contributed by atoms with van der Waals surface area (Å²) in [5.74, 6) is -2.40. The van der Waals surface area contributed by atoms with Crippen molar-refractivity contribution in [3.05, 3.63) is 65.2 Å². The fourth-order valence-corrected chi connectivity index (χ4v) is 3.78. The molecule has 0 radical (unpaired) electrons. The Morgan fingerprint density at radius 2 is 1.90 bits per heavy atom. The van der Waals surface area contributed by atoms with Crippen LogP contribution in [0, 0.1) is 0 Å². The first-order valence-electron chi connectivity index (χ1n) is 9.04. The van der Waals surface area contributed by atoms with Gasteiger partial charge in [0.1, 0.15) is 29.3 Å². The molecule has 0 unspecified atom stereocenters. The molecule has 2 heterocycles. The van der Waals surface area contributed by atoms with Crippen molar-refractivity contribution < 1.29 is 28.6 Å². The van der Waals surface area contributed by atoms with Gasteiger partial charge in [0.05, 0.1) is 6.61 Å². The minimum Gasteiger partial charge on any atom is -0.462 e. The van der Waals surface area contributed by atoms with Crippen LogP contribution in [0.4, 0.5) is 5.69 Å². The molecule has 0 fully saturated rings. The van der Waals surface area contributed by atoms with Gasteiger partial charge in [-0.3, -0.25) is 0 Å². The predicted octanol–water partition coefficient (Wildman–Crippen LogP) is 1.67. The largest absolute Gasteiger partial charge is 0.462 e. The molecule has 1 atom stereocenters. The normalized spacial score (nSPS) is 20.5. The Morgan fingerprint density at radius 1 is 1.24 bits per heavy atom. The molecule has 0 aromatic heterocycles. The standard InChI is InChI=1S/C21H22N2O6/c1-5-11-28-18(24)15-12(3)29-20(26)21(15)13-9-7-8-10-14(13)23(4)17(22)16(21)19(25)27-6-2/h5,7-10H,1,6,11,22H2,2-4H3/t21-/m0/s1. The van der Waals surface area contributed by atoms with Gasteiger partial charge in [0, 0.05) is 18.3 Å². The van der Waals surface area contributed by atoms with Crippen molar-refractivity contribution in [3.8, 4) is 0 Å². The number of nitrogens with zero attached hydrogens (tertiary/aromatic N) is 1. The van der Waals surface area contributed by atoms with Gasteiger partial charge >= 0.3 is 17.9 Å². The third-order valence-electron chi connectivity index (χ3n) is 4.96. The molecule has 0 amide bonds. The SMILES string of the molecule is C=CCOC(=O)C1=C(C)OC(=O)[C@]12C(C(=O)OCC)=C(N)N(C)c1ccccc12. The number of para-hydroxylation sites is 1. The van der Waals surface area contributed by atoms with Gasteiger partial charge in [-0.25, -0.2) is 14.4 Å². The van der Waals surface area contributed by atoms with Crippen molar-refractivity contribution in [3.63, 3.8) is 0 Å². The monoisotopic (exact) mass is 398 g/mol. The number of anilines is 1. The Morgan fingerprint density at radius 3 is 2.55 bits per heavy atom. The molecule has 8 heteroatoms. The van der Waals surface area contributed by atoms with Crippen LogP contribution in [0.25, 0.3) is 0 Å². The zero-order valence-corrected chi connectivity index (χ0v) is 16.5. The Balaban J connectivity index is 2.38. The summed E-state index contributed by atoms with van der Waals surface area (Å²) in [5.41, 5.74) is 5.07. The van der Waals surface area contributed by atoms with Crippen LogP contribution in [0.2, 0.25) is 0 Å². The lowest BCUT2D eigenvalue weighted by Crippen LogP contribution is -2.50. The van der Waals surface area contributed by atoms with Gasteiger partial charge < -0.3 is 24.8 Å². The van der Waals surface area contributed by atoms with E-state index in [1.807, 2.05) is 0 Å². The van der Waals surface area contributed by atoms with Crippen LogP contribution in [-0.2, 0) is 34.0 Å². The third kappa shape index (κ3) is 2.79. The molecule has 0 saturated carbocycles. The zero-order valence-electron chi connectivity index (χ0n) is 16.5. The average molecular weight is 398 g/mol. The number of cyclic esters (lactones) is 1. The minimum absolute atomic E-state index is 0.0113. The Hall–Kier alpha value is -3.55. The van der Waals surface area contributed by atoms with Gasteiger partial charge in [-0.05, 0) is 19.9 Å². The third-order valence-corrected chi connectivity index (χ3v) is 4.96. The Labute approximate surface area is 168 Å². The second kappa shape index (κ2) is 7.46. The summed E-state index contributed by atoms with van der Waals surface area (Å²) in [4.78, 5) is 40.8. The van der Waals surface area contributed by atoms with Gasteiger partial charge in [0.25, 0.3) is 0 Å². The number of nitrogens with two attached hydrogens (primary N) is 1. The van der Waals surface area contributed by atoms with E-state index in [1.165, 1.54) is 13.0 Å². The highest BCUT2D eigenvalue weighted by atomic mass is 16.6. The number of allylic oxidation sites excluding steroid dienone is 1. The summed E-state index contributed by atoms with van der Waals surface area (Å²) in [6.45, 7) is 6.61. The lowest BCUT2D eigenvalue weighted by molar-refractivity contribution is -0.147. The Kier molecular flexibility index (Phi) is 5.19. The number of rotatable bonds is 5. The summed E-state index contributed by atoms with van der Waals surface area (Å²) >= 11 is 0. The van der Waals surface area contributed by atoms with Gasteiger partial charge in [-0.2, -0.15) is 0 Å². The second-order valence-corrected chi connectivity index (χ2v) is 6.51. The van der Waals surface area contributed by atoms with Crippen molar-refractivity contribution in [2.75, 3.05) is 25.2 Å². The minimum atomic E-state index is -1.89. The van der Waals surface area contributed by atoms with Crippen LogP contribution in [-0.4, -0.2) is 38.2 Å². The van der Waals surface area contributed by atoms with E-state index >= 15 is 0 Å². The molecule has 1 aromatic carbocycles. The molecule has 1 spiro atoms. The fraction of sp³-hybridized carbons (Fsp3) is 0.286. The molecule has 8 nitrogen and oxygen atoms in total. The number of carbonyl (C=O) groups excluding carboxylic acids is 3. The smallest absolute Gasteiger partial charge is 0.339 e. The van der Waals surface area contributed by atoms with Crippen LogP contribution in [0.3, 0.4) is 0 Å². The molecule has 2 aliphatic heterocycles. The predicted molar refractivity (Wildman–Crippen MR) is 104 cm³/mol. The number of esters is 3. The lowest BCUT2D eigenvalue weighted by atomic mass is 9.66. The molecular formula is C21H22N2O6. The quantitative estimate of drug-likeness (QED) is 0.453. The van der Waals surface area contributed by atoms with Crippen molar-refractivity contribution in [2.24, 2.45) is 5.73 Å². The first kappa shape index (κ1) is 20.2. The van der Waals surface area contributed by atoms with Crippen LogP contribution in [0.1, 0.15) is 19.4 Å². The molecular weight excluding hydrogens is 376 g/mol. The number of hydrogen-bond acceptors (Lipinski definition) is 8. The maximum absolute atomic E-state index is 13.3. The van der Waals surface area contributed by atoms with E-state index in [1.54, 1.807) is 43.1 Å². The van der Waals surface area contributed by atoms with E-state index in [0.717, 1.165) is 0 Å². The van der Waals surface area contributed by atoms with Crippen molar-refractivity contribution in [2.45, 2.75) is 19.3 Å². The molecule has 0 aliphatic carbocycles. The van der Waals surface area contributed by atoms with E-state index in [0.29, 0.717) is 11.3 Å². The topological polar surface area (TPSA) is 108 Å². The number of fused-ring (bicyclic) bond motifs is 2. The Bertz CT molecular complexity index is 977. The summed E-state index contributed by atoms with van der Waals surface area (Å²) < 4.78 is 15.8. The molecule has 29 heavy (non-hydrogen) atoms. The maximum atomic E-state index is 13.3. The van der Waals surface area contributed by atoms with E-state index in [-0.39, 0.29) is 35.9 Å². The first-order chi connectivity index (χ1) is 13.8. The highest BCUT2D eigenvalue weighted by molar-refractivity contribution is 6.16. The van der Waals surface area contributed by atoms with Gasteiger partial charge in [0.15, 0.2) is 5.41 Å². The molecule has 1 aromatic rings. The van der Waals surface area contributed by atoms with Crippen molar-refractivity contribution in [1.82, 2.24) is 0 Å². The summed E-state index contributed by atoms with van der Waals surface area (Å²) in [7, 11) is 1.66. The summed E-state index contributed by atoms with van der Waals surface area (Å²) in [6, 6.07) is 6.85. The summed E-state index contributed by atoms with van der Waals surface area (Å²) in [6.07, 6.45) is 1.40. The highest BCUT2D eigenvalue weighted by Crippen LogP contribution is 2.53.